The number of hydrogen-bond acceptors (Lipinski definition) is 6. The second kappa shape index (κ2) is 9.78. The maximum Gasteiger partial charge on any atom is 0.337 e. The van der Waals surface area contributed by atoms with Gasteiger partial charge in [-0.2, -0.15) is 0 Å². The standard InChI is InChI=1S/C20H21NO5S/c1-13-4-6-14(7-5-13)11-27-12-18(22)21-17-9-15(19(23)25-2)8-16(10-17)20(24)26-3/h4-10H,11-12H2,1-3H3,(H,21,22). The number of carbonyl (C=O) groups is 3. The van der Waals surface area contributed by atoms with Crippen molar-refractivity contribution in [2.45, 2.75) is 12.7 Å². The summed E-state index contributed by atoms with van der Waals surface area (Å²) >= 11 is 1.47. The van der Waals surface area contributed by atoms with E-state index in [9.17, 15) is 14.4 Å². The van der Waals surface area contributed by atoms with Crippen LogP contribution >= 0.6 is 11.8 Å². The molecule has 0 saturated carbocycles. The highest BCUT2D eigenvalue weighted by Gasteiger charge is 2.15. The third-order valence-electron chi connectivity index (χ3n) is 3.68. The molecule has 2 rings (SSSR count). The third-order valence-corrected chi connectivity index (χ3v) is 4.69. The van der Waals surface area contributed by atoms with Crippen molar-refractivity contribution in [2.75, 3.05) is 25.3 Å². The van der Waals surface area contributed by atoms with Gasteiger partial charge in [0, 0.05) is 11.4 Å². The molecule has 1 N–H and O–H groups in total. The van der Waals surface area contributed by atoms with E-state index in [1.165, 1.54) is 49.7 Å². The summed E-state index contributed by atoms with van der Waals surface area (Å²) < 4.78 is 9.36. The molecule has 2 aromatic carbocycles. The number of rotatable bonds is 7. The number of ether oxygens (including phenoxy) is 2. The van der Waals surface area contributed by atoms with Gasteiger partial charge in [0.2, 0.25) is 5.91 Å². The number of hydrogen-bond donors (Lipinski definition) is 1. The zero-order chi connectivity index (χ0) is 19.8. The molecule has 7 heteroatoms. The van der Waals surface area contributed by atoms with E-state index in [0.717, 1.165) is 5.56 Å². The monoisotopic (exact) mass is 387 g/mol. The van der Waals surface area contributed by atoms with Gasteiger partial charge in [-0.15, -0.1) is 11.8 Å². The van der Waals surface area contributed by atoms with Gasteiger partial charge in [0.15, 0.2) is 0 Å². The highest BCUT2D eigenvalue weighted by molar-refractivity contribution is 7.99. The minimum absolute atomic E-state index is 0.156. The minimum atomic E-state index is -0.606. The molecule has 0 atom stereocenters. The molecule has 0 bridgehead atoms. The summed E-state index contributed by atoms with van der Waals surface area (Å²) in [5.41, 5.74) is 2.97. The summed E-state index contributed by atoms with van der Waals surface area (Å²) in [5.74, 6) is -0.493. The molecule has 0 aromatic heterocycles. The Balaban J connectivity index is 2.01. The zero-order valence-corrected chi connectivity index (χ0v) is 16.2. The van der Waals surface area contributed by atoms with Crippen LogP contribution in [-0.4, -0.2) is 37.8 Å². The average Bonchev–Trinajstić information content (AvgIpc) is 2.67. The molecule has 0 radical (unpaired) electrons. The maximum absolute atomic E-state index is 12.2. The molecule has 0 aliphatic heterocycles. The quantitative estimate of drug-likeness (QED) is 0.733. The number of nitrogens with one attached hydrogen (secondary N) is 1. The summed E-state index contributed by atoms with van der Waals surface area (Å²) in [6.45, 7) is 2.02. The highest BCUT2D eigenvalue weighted by Crippen LogP contribution is 2.18. The SMILES string of the molecule is COC(=O)c1cc(NC(=O)CSCc2ccc(C)cc2)cc(C(=O)OC)c1. The molecule has 0 aliphatic rings. The van der Waals surface area contributed by atoms with Gasteiger partial charge in [-0.05, 0) is 30.7 Å². The minimum Gasteiger partial charge on any atom is -0.465 e. The Kier molecular flexibility index (Phi) is 7.43. The van der Waals surface area contributed by atoms with Gasteiger partial charge < -0.3 is 14.8 Å². The van der Waals surface area contributed by atoms with E-state index in [2.05, 4.69) is 14.8 Å². The molecule has 0 spiro atoms. The Labute approximate surface area is 162 Å². The highest BCUT2D eigenvalue weighted by atomic mass is 32.2. The summed E-state index contributed by atoms with van der Waals surface area (Å²) in [6.07, 6.45) is 0. The normalized spacial score (nSPS) is 10.2. The molecule has 0 aliphatic carbocycles. The lowest BCUT2D eigenvalue weighted by Crippen LogP contribution is -2.16. The molecule has 2 aromatic rings. The smallest absolute Gasteiger partial charge is 0.337 e. The van der Waals surface area contributed by atoms with Crippen LogP contribution in [0.15, 0.2) is 42.5 Å². The molecule has 0 saturated heterocycles. The lowest BCUT2D eigenvalue weighted by molar-refractivity contribution is -0.113. The van der Waals surface area contributed by atoms with Crippen LogP contribution in [0.2, 0.25) is 0 Å². The van der Waals surface area contributed by atoms with Gasteiger partial charge in [0.1, 0.15) is 0 Å². The number of anilines is 1. The van der Waals surface area contributed by atoms with Gasteiger partial charge >= 0.3 is 11.9 Å². The second-order valence-electron chi connectivity index (χ2n) is 5.81. The van der Waals surface area contributed by atoms with Crippen LogP contribution in [0.25, 0.3) is 0 Å². The molecule has 1 amide bonds. The van der Waals surface area contributed by atoms with Crippen LogP contribution in [0.1, 0.15) is 31.8 Å². The first kappa shape index (κ1) is 20.5. The van der Waals surface area contributed by atoms with Crippen LogP contribution in [0.5, 0.6) is 0 Å². The zero-order valence-electron chi connectivity index (χ0n) is 15.4. The van der Waals surface area contributed by atoms with Crippen LogP contribution in [0.3, 0.4) is 0 Å². The number of esters is 2. The molecular weight excluding hydrogens is 366 g/mol. The van der Waals surface area contributed by atoms with Crippen LogP contribution in [0, 0.1) is 6.92 Å². The van der Waals surface area contributed by atoms with Crippen molar-refractivity contribution in [1.82, 2.24) is 0 Å². The fourth-order valence-electron chi connectivity index (χ4n) is 2.31. The summed E-state index contributed by atoms with van der Waals surface area (Å²) in [4.78, 5) is 35.7. The Morgan fingerprint density at radius 2 is 1.48 bits per heavy atom. The Morgan fingerprint density at radius 1 is 0.926 bits per heavy atom. The molecule has 0 unspecified atom stereocenters. The number of amides is 1. The Morgan fingerprint density at radius 3 is 2.00 bits per heavy atom. The van der Waals surface area contributed by atoms with Crippen molar-refractivity contribution in [1.29, 1.82) is 0 Å². The van der Waals surface area contributed by atoms with E-state index >= 15 is 0 Å². The number of aryl methyl sites for hydroxylation is 1. The number of carbonyl (C=O) groups excluding carboxylic acids is 3. The number of benzene rings is 2. The van der Waals surface area contributed by atoms with E-state index in [0.29, 0.717) is 11.4 Å². The number of thioether (sulfide) groups is 1. The predicted molar refractivity (Wildman–Crippen MR) is 105 cm³/mol. The molecule has 27 heavy (non-hydrogen) atoms. The van der Waals surface area contributed by atoms with Gasteiger partial charge in [-0.25, -0.2) is 9.59 Å². The van der Waals surface area contributed by atoms with E-state index in [1.54, 1.807) is 0 Å². The van der Waals surface area contributed by atoms with Gasteiger partial charge in [-0.3, -0.25) is 4.79 Å². The van der Waals surface area contributed by atoms with Crippen molar-refractivity contribution in [3.05, 3.63) is 64.7 Å². The summed E-state index contributed by atoms with van der Waals surface area (Å²) in [7, 11) is 2.49. The van der Waals surface area contributed by atoms with E-state index in [-0.39, 0.29) is 22.8 Å². The molecule has 142 valence electrons. The lowest BCUT2D eigenvalue weighted by Gasteiger charge is -2.09. The van der Waals surface area contributed by atoms with Crippen molar-refractivity contribution in [3.8, 4) is 0 Å². The second-order valence-corrected chi connectivity index (χ2v) is 6.79. The third kappa shape index (κ3) is 6.14. The Hall–Kier alpha value is -2.80. The van der Waals surface area contributed by atoms with Gasteiger partial charge in [-0.1, -0.05) is 29.8 Å². The van der Waals surface area contributed by atoms with E-state index in [4.69, 9.17) is 0 Å². The van der Waals surface area contributed by atoms with Crippen LogP contribution in [0.4, 0.5) is 5.69 Å². The maximum atomic E-state index is 12.2. The topological polar surface area (TPSA) is 81.7 Å². The first-order valence-corrected chi connectivity index (χ1v) is 9.33. The molecule has 0 fully saturated rings. The fraction of sp³-hybridized carbons (Fsp3) is 0.250. The van der Waals surface area contributed by atoms with Crippen molar-refractivity contribution in [3.63, 3.8) is 0 Å². The predicted octanol–water partition coefficient (Wildman–Crippen LogP) is 3.44. The van der Waals surface area contributed by atoms with Crippen molar-refractivity contribution >= 4 is 35.3 Å². The van der Waals surface area contributed by atoms with Crippen LogP contribution < -0.4 is 5.32 Å². The Bertz CT molecular complexity index is 799. The lowest BCUT2D eigenvalue weighted by atomic mass is 10.1. The van der Waals surface area contributed by atoms with Gasteiger partial charge in [0.05, 0.1) is 31.1 Å². The average molecular weight is 387 g/mol. The largest absolute Gasteiger partial charge is 0.465 e. The molecule has 6 nitrogen and oxygen atoms in total. The molecule has 0 heterocycles. The van der Waals surface area contributed by atoms with Crippen molar-refractivity contribution in [2.24, 2.45) is 0 Å². The van der Waals surface area contributed by atoms with Crippen LogP contribution in [-0.2, 0) is 20.0 Å². The summed E-state index contributed by atoms with van der Waals surface area (Å²) in [6, 6.07) is 12.4. The summed E-state index contributed by atoms with van der Waals surface area (Å²) in [5, 5.41) is 2.70. The van der Waals surface area contributed by atoms with Gasteiger partial charge in [0.25, 0.3) is 0 Å². The van der Waals surface area contributed by atoms with E-state index in [1.807, 2.05) is 31.2 Å². The molecular formula is C20H21NO5S. The van der Waals surface area contributed by atoms with Crippen molar-refractivity contribution < 1.29 is 23.9 Å². The first-order chi connectivity index (χ1) is 12.9. The fourth-order valence-corrected chi connectivity index (χ4v) is 3.10. The van der Waals surface area contributed by atoms with E-state index < -0.39 is 11.9 Å². The first-order valence-electron chi connectivity index (χ1n) is 8.17. The number of methoxy groups -OCH3 is 2.